The molecule has 1 N–H and O–H groups in total. The minimum absolute atomic E-state index is 0.102. The van der Waals surface area contributed by atoms with E-state index in [1.165, 1.54) is 4.90 Å². The van der Waals surface area contributed by atoms with E-state index in [9.17, 15) is 14.7 Å². The number of carbonyl (C=O) groups is 2. The van der Waals surface area contributed by atoms with E-state index in [1.807, 2.05) is 13.8 Å². The molecule has 18 heavy (non-hydrogen) atoms. The number of carbonyl (C=O) groups excluding carboxylic acids is 1. The highest BCUT2D eigenvalue weighted by molar-refractivity contribution is 6.39. The Morgan fingerprint density at radius 1 is 1.39 bits per heavy atom. The van der Waals surface area contributed by atoms with E-state index in [4.69, 9.17) is 4.84 Å². The first-order chi connectivity index (χ1) is 8.49. The third-order valence-corrected chi connectivity index (χ3v) is 3.43. The predicted molar refractivity (Wildman–Crippen MR) is 64.1 cm³/mol. The van der Waals surface area contributed by atoms with Crippen LogP contribution in [0, 0.1) is 5.92 Å². The Labute approximate surface area is 106 Å². The van der Waals surface area contributed by atoms with Gasteiger partial charge in [0.05, 0.1) is 0 Å². The Bertz CT molecular complexity index is 394. The summed E-state index contributed by atoms with van der Waals surface area (Å²) in [6.07, 6.45) is 1.69. The van der Waals surface area contributed by atoms with Crippen molar-refractivity contribution in [2.24, 2.45) is 11.1 Å². The van der Waals surface area contributed by atoms with Crippen LogP contribution in [0.15, 0.2) is 5.16 Å². The summed E-state index contributed by atoms with van der Waals surface area (Å²) in [5, 5.41) is 12.9. The van der Waals surface area contributed by atoms with Crippen LogP contribution in [-0.2, 0) is 14.4 Å². The van der Waals surface area contributed by atoms with Gasteiger partial charge in [0.25, 0.3) is 5.91 Å². The Morgan fingerprint density at radius 3 is 2.67 bits per heavy atom. The number of likely N-dealkylation sites (tertiary alicyclic amines) is 1. The molecular weight excluding hydrogens is 236 g/mol. The number of aliphatic carboxylic acids is 1. The molecule has 0 bridgehead atoms. The number of hydrogen-bond donors (Lipinski definition) is 1. The van der Waals surface area contributed by atoms with Crippen LogP contribution < -0.4 is 0 Å². The fourth-order valence-corrected chi connectivity index (χ4v) is 2.43. The average Bonchev–Trinajstić information content (AvgIpc) is 2.74. The van der Waals surface area contributed by atoms with Crippen molar-refractivity contribution in [3.8, 4) is 0 Å². The number of carboxylic acids is 1. The number of amides is 1. The largest absolute Gasteiger partial charge is 0.480 e. The van der Waals surface area contributed by atoms with E-state index >= 15 is 0 Å². The fraction of sp³-hybridized carbons (Fsp3) is 0.750. The van der Waals surface area contributed by atoms with Gasteiger partial charge < -0.3 is 14.8 Å². The second-order valence-corrected chi connectivity index (χ2v) is 5.15. The number of rotatable bonds is 2. The summed E-state index contributed by atoms with van der Waals surface area (Å²) in [7, 11) is 0. The van der Waals surface area contributed by atoms with Crippen molar-refractivity contribution >= 4 is 17.6 Å². The first-order valence-corrected chi connectivity index (χ1v) is 6.25. The standard InChI is InChI=1S/C12H18N2O4/c1-7-3-4-10(12(16)17)14(6-7)11(15)9-5-8(2)18-13-9/h7-8,10H,3-6H2,1-2H3,(H,16,17). The first-order valence-electron chi connectivity index (χ1n) is 6.25. The summed E-state index contributed by atoms with van der Waals surface area (Å²) in [6.45, 7) is 4.33. The van der Waals surface area contributed by atoms with Crippen molar-refractivity contribution < 1.29 is 19.5 Å². The van der Waals surface area contributed by atoms with Gasteiger partial charge in [-0.25, -0.2) is 4.79 Å². The lowest BCUT2D eigenvalue weighted by Crippen LogP contribution is -2.52. The van der Waals surface area contributed by atoms with Gasteiger partial charge in [0, 0.05) is 13.0 Å². The molecule has 2 heterocycles. The molecule has 0 radical (unpaired) electrons. The van der Waals surface area contributed by atoms with Crippen molar-refractivity contribution in [1.29, 1.82) is 0 Å². The Morgan fingerprint density at radius 2 is 2.11 bits per heavy atom. The van der Waals surface area contributed by atoms with Gasteiger partial charge in [-0.2, -0.15) is 0 Å². The minimum atomic E-state index is -0.942. The van der Waals surface area contributed by atoms with Crippen LogP contribution in [0.1, 0.15) is 33.1 Å². The number of carboxylic acid groups (broad SMARTS) is 1. The molecular formula is C12H18N2O4. The van der Waals surface area contributed by atoms with E-state index < -0.39 is 12.0 Å². The molecule has 0 aromatic carbocycles. The summed E-state index contributed by atoms with van der Waals surface area (Å²) >= 11 is 0. The smallest absolute Gasteiger partial charge is 0.326 e. The second-order valence-electron chi connectivity index (χ2n) is 5.15. The van der Waals surface area contributed by atoms with Crippen LogP contribution in [0.4, 0.5) is 0 Å². The third kappa shape index (κ3) is 2.47. The van der Waals surface area contributed by atoms with E-state index in [0.717, 1.165) is 6.42 Å². The molecule has 1 amide bonds. The van der Waals surface area contributed by atoms with Crippen LogP contribution >= 0.6 is 0 Å². The molecule has 6 nitrogen and oxygen atoms in total. The molecule has 2 rings (SSSR count). The van der Waals surface area contributed by atoms with Crippen LogP contribution in [0.5, 0.6) is 0 Å². The molecule has 0 spiro atoms. The number of piperidine rings is 1. The zero-order valence-electron chi connectivity index (χ0n) is 10.6. The highest BCUT2D eigenvalue weighted by Gasteiger charge is 2.37. The van der Waals surface area contributed by atoms with Crippen molar-refractivity contribution in [3.63, 3.8) is 0 Å². The number of oxime groups is 1. The average molecular weight is 254 g/mol. The molecule has 1 fully saturated rings. The third-order valence-electron chi connectivity index (χ3n) is 3.43. The minimum Gasteiger partial charge on any atom is -0.480 e. The van der Waals surface area contributed by atoms with Crippen molar-refractivity contribution in [1.82, 2.24) is 4.90 Å². The number of nitrogens with zero attached hydrogens (tertiary/aromatic N) is 2. The predicted octanol–water partition coefficient (Wildman–Crippen LogP) is 0.863. The van der Waals surface area contributed by atoms with E-state index in [2.05, 4.69) is 5.16 Å². The zero-order chi connectivity index (χ0) is 13.3. The van der Waals surface area contributed by atoms with Crippen LogP contribution in [0.2, 0.25) is 0 Å². The summed E-state index contributed by atoms with van der Waals surface area (Å²) < 4.78 is 0. The van der Waals surface area contributed by atoms with Gasteiger partial charge in [0.1, 0.15) is 17.9 Å². The lowest BCUT2D eigenvalue weighted by atomic mass is 9.93. The van der Waals surface area contributed by atoms with Gasteiger partial charge in [-0.05, 0) is 25.7 Å². The second kappa shape index (κ2) is 4.96. The number of hydrogen-bond acceptors (Lipinski definition) is 4. The summed E-state index contributed by atoms with van der Waals surface area (Å²) in [5.74, 6) is -0.911. The van der Waals surface area contributed by atoms with E-state index in [-0.39, 0.29) is 12.0 Å². The quantitative estimate of drug-likeness (QED) is 0.792. The zero-order valence-corrected chi connectivity index (χ0v) is 10.6. The van der Waals surface area contributed by atoms with E-state index in [0.29, 0.717) is 31.0 Å². The van der Waals surface area contributed by atoms with Crippen molar-refractivity contribution in [2.75, 3.05) is 6.54 Å². The molecule has 3 atom stereocenters. The highest BCUT2D eigenvalue weighted by atomic mass is 16.6. The molecule has 2 aliphatic heterocycles. The molecule has 6 heteroatoms. The summed E-state index contributed by atoms with van der Waals surface area (Å²) in [5.41, 5.74) is 0.336. The Hall–Kier alpha value is -1.59. The van der Waals surface area contributed by atoms with Crippen LogP contribution in [0.25, 0.3) is 0 Å². The van der Waals surface area contributed by atoms with Gasteiger partial charge in [0.2, 0.25) is 0 Å². The van der Waals surface area contributed by atoms with Gasteiger partial charge in [-0.1, -0.05) is 12.1 Å². The lowest BCUT2D eigenvalue weighted by molar-refractivity contribution is -0.150. The monoisotopic (exact) mass is 254 g/mol. The summed E-state index contributed by atoms with van der Waals surface area (Å²) in [4.78, 5) is 29.9. The normalized spacial score (nSPS) is 31.8. The van der Waals surface area contributed by atoms with Gasteiger partial charge in [-0.15, -0.1) is 0 Å². The van der Waals surface area contributed by atoms with Crippen LogP contribution in [-0.4, -0.2) is 46.3 Å². The highest BCUT2D eigenvalue weighted by Crippen LogP contribution is 2.23. The first kappa shape index (κ1) is 12.9. The van der Waals surface area contributed by atoms with Crippen molar-refractivity contribution in [2.45, 2.75) is 45.3 Å². The lowest BCUT2D eigenvalue weighted by Gasteiger charge is -2.36. The molecule has 1 saturated heterocycles. The SMILES string of the molecule is CC1CCC(C(=O)O)N(C(=O)C2=NOC(C)C2)C1. The van der Waals surface area contributed by atoms with Crippen molar-refractivity contribution in [3.05, 3.63) is 0 Å². The molecule has 3 unspecified atom stereocenters. The Balaban J connectivity index is 2.12. The van der Waals surface area contributed by atoms with Gasteiger partial charge in [0.15, 0.2) is 0 Å². The topological polar surface area (TPSA) is 79.2 Å². The molecule has 100 valence electrons. The maximum atomic E-state index is 12.3. The molecule has 0 aromatic rings. The van der Waals surface area contributed by atoms with Gasteiger partial charge in [-0.3, -0.25) is 4.79 Å². The molecule has 2 aliphatic rings. The molecule has 0 aromatic heterocycles. The maximum Gasteiger partial charge on any atom is 0.326 e. The Kier molecular flexibility index (Phi) is 3.54. The molecule has 0 saturated carbocycles. The van der Waals surface area contributed by atoms with Gasteiger partial charge >= 0.3 is 5.97 Å². The summed E-state index contributed by atoms with van der Waals surface area (Å²) in [6, 6.07) is -0.729. The maximum absolute atomic E-state index is 12.3. The fourth-order valence-electron chi connectivity index (χ4n) is 2.43. The molecule has 0 aliphatic carbocycles. The van der Waals surface area contributed by atoms with E-state index in [1.54, 1.807) is 0 Å². The van der Waals surface area contributed by atoms with Crippen LogP contribution in [0.3, 0.4) is 0 Å².